The Kier molecular flexibility index (Phi) is 6.82. The number of nitrogens with one attached hydrogen (secondary N) is 2. The second kappa shape index (κ2) is 8.85. The van der Waals surface area contributed by atoms with E-state index in [9.17, 15) is 9.59 Å². The molecule has 0 aliphatic carbocycles. The number of likely N-dealkylation sites (tertiary alicyclic amines) is 1. The number of carbonyl (C=O) groups is 2. The lowest BCUT2D eigenvalue weighted by Crippen LogP contribution is -2.48. The summed E-state index contributed by atoms with van der Waals surface area (Å²) in [6, 6.07) is 7.22. The number of urea groups is 1. The highest BCUT2D eigenvalue weighted by Gasteiger charge is 2.27. The predicted octanol–water partition coefficient (Wildman–Crippen LogP) is 2.77. The predicted molar refractivity (Wildman–Crippen MR) is 101 cm³/mol. The molecule has 0 bridgehead atoms. The van der Waals surface area contributed by atoms with Crippen molar-refractivity contribution in [3.05, 3.63) is 29.8 Å². The molecule has 2 N–H and O–H groups in total. The molecule has 0 saturated carbocycles. The molecule has 1 heterocycles. The third-order valence-corrected chi connectivity index (χ3v) is 4.25. The van der Waals surface area contributed by atoms with E-state index < -0.39 is 0 Å². The maximum absolute atomic E-state index is 13.0. The van der Waals surface area contributed by atoms with Crippen LogP contribution in [0.5, 0.6) is 0 Å². The zero-order valence-corrected chi connectivity index (χ0v) is 15.7. The minimum absolute atomic E-state index is 0.0412. The summed E-state index contributed by atoms with van der Waals surface area (Å²) in [4.78, 5) is 29.0. The summed E-state index contributed by atoms with van der Waals surface area (Å²) in [6.07, 6.45) is 3.25. The molecule has 6 nitrogen and oxygen atoms in total. The van der Waals surface area contributed by atoms with Crippen molar-refractivity contribution in [3.8, 4) is 0 Å². The molecule has 0 spiro atoms. The molecule has 1 aliphatic heterocycles. The lowest BCUT2D eigenvalue weighted by atomic mass is 10.00. The van der Waals surface area contributed by atoms with E-state index in [1.807, 2.05) is 45.0 Å². The van der Waals surface area contributed by atoms with Crippen molar-refractivity contribution in [3.63, 3.8) is 0 Å². The van der Waals surface area contributed by atoms with Crippen LogP contribution in [0.3, 0.4) is 0 Å². The molecule has 2 rings (SSSR count). The molecule has 0 unspecified atom stereocenters. The summed E-state index contributed by atoms with van der Waals surface area (Å²) in [6.45, 7) is 5.48. The van der Waals surface area contributed by atoms with E-state index >= 15 is 0 Å². The van der Waals surface area contributed by atoms with Gasteiger partial charge in [0, 0.05) is 36.4 Å². The van der Waals surface area contributed by atoms with Crippen LogP contribution in [-0.4, -0.2) is 61.0 Å². The van der Waals surface area contributed by atoms with Crippen LogP contribution in [0.25, 0.3) is 0 Å². The monoisotopic (exact) mass is 346 g/mol. The number of hydrogen-bond acceptors (Lipinski definition) is 3. The molecule has 138 valence electrons. The van der Waals surface area contributed by atoms with Gasteiger partial charge in [-0.3, -0.25) is 4.79 Å². The molecule has 6 heteroatoms. The van der Waals surface area contributed by atoms with Crippen molar-refractivity contribution in [1.82, 2.24) is 15.1 Å². The van der Waals surface area contributed by atoms with E-state index in [1.165, 1.54) is 6.42 Å². The fourth-order valence-electron chi connectivity index (χ4n) is 3.20. The molecular formula is C19H30N4O2. The largest absolute Gasteiger partial charge is 0.336 e. The number of benzene rings is 1. The topological polar surface area (TPSA) is 64.7 Å². The standard InChI is InChI=1S/C19H30N4O2/c1-14(2)20-19(25)21-16-9-7-8-15(12-16)18(24)23-11-6-5-10-17(23)13-22(3)4/h7-9,12,14,17H,5-6,10-11,13H2,1-4H3,(H2,20,21,25)/t17-/m1/s1. The van der Waals surface area contributed by atoms with Gasteiger partial charge in [-0.25, -0.2) is 4.79 Å². The number of amides is 3. The first kappa shape index (κ1) is 19.2. The van der Waals surface area contributed by atoms with Crippen molar-refractivity contribution in [2.45, 2.75) is 45.2 Å². The molecule has 1 atom stereocenters. The van der Waals surface area contributed by atoms with E-state index in [-0.39, 0.29) is 24.0 Å². The van der Waals surface area contributed by atoms with Crippen molar-refractivity contribution in [2.24, 2.45) is 0 Å². The number of carbonyl (C=O) groups excluding carboxylic acids is 2. The van der Waals surface area contributed by atoms with Crippen LogP contribution in [0.15, 0.2) is 24.3 Å². The highest BCUT2D eigenvalue weighted by molar-refractivity contribution is 5.97. The number of anilines is 1. The first-order chi connectivity index (χ1) is 11.9. The normalized spacial score (nSPS) is 17.7. The van der Waals surface area contributed by atoms with Crippen molar-refractivity contribution < 1.29 is 9.59 Å². The van der Waals surface area contributed by atoms with E-state index in [2.05, 4.69) is 15.5 Å². The van der Waals surface area contributed by atoms with Crippen LogP contribution in [0.4, 0.5) is 10.5 Å². The van der Waals surface area contributed by atoms with Gasteiger partial charge in [0.1, 0.15) is 0 Å². The SMILES string of the molecule is CC(C)NC(=O)Nc1cccc(C(=O)N2CCCC[C@@H]2CN(C)C)c1. The average molecular weight is 346 g/mol. The van der Waals surface area contributed by atoms with Crippen LogP contribution < -0.4 is 10.6 Å². The van der Waals surface area contributed by atoms with Crippen molar-refractivity contribution in [2.75, 3.05) is 32.5 Å². The quantitative estimate of drug-likeness (QED) is 0.862. The Morgan fingerprint density at radius 1 is 1.28 bits per heavy atom. The molecule has 0 radical (unpaired) electrons. The lowest BCUT2D eigenvalue weighted by Gasteiger charge is -2.37. The zero-order chi connectivity index (χ0) is 18.4. The Morgan fingerprint density at radius 2 is 2.04 bits per heavy atom. The number of hydrogen-bond donors (Lipinski definition) is 2. The van der Waals surface area contributed by atoms with Crippen LogP contribution in [0, 0.1) is 0 Å². The van der Waals surface area contributed by atoms with Gasteiger partial charge >= 0.3 is 6.03 Å². The minimum Gasteiger partial charge on any atom is -0.336 e. The summed E-state index contributed by atoms with van der Waals surface area (Å²) >= 11 is 0. The Bertz CT molecular complexity index is 601. The Morgan fingerprint density at radius 3 is 2.72 bits per heavy atom. The maximum Gasteiger partial charge on any atom is 0.319 e. The first-order valence-electron chi connectivity index (χ1n) is 9.00. The fraction of sp³-hybridized carbons (Fsp3) is 0.579. The lowest BCUT2D eigenvalue weighted by molar-refractivity contribution is 0.0575. The molecule has 1 saturated heterocycles. The van der Waals surface area contributed by atoms with Crippen LogP contribution in [-0.2, 0) is 0 Å². The Labute approximate surface area is 150 Å². The number of nitrogens with zero attached hydrogens (tertiary/aromatic N) is 2. The molecular weight excluding hydrogens is 316 g/mol. The molecule has 1 aromatic carbocycles. The third-order valence-electron chi connectivity index (χ3n) is 4.25. The van der Waals surface area contributed by atoms with E-state index in [1.54, 1.807) is 12.1 Å². The number of likely N-dealkylation sites (N-methyl/N-ethyl adjacent to an activating group) is 1. The number of piperidine rings is 1. The van der Waals surface area contributed by atoms with Crippen LogP contribution in [0.2, 0.25) is 0 Å². The summed E-state index contributed by atoms with van der Waals surface area (Å²) in [5.74, 6) is 0.0412. The van der Waals surface area contributed by atoms with Crippen molar-refractivity contribution >= 4 is 17.6 Å². The van der Waals surface area contributed by atoms with Gasteiger partial charge in [-0.05, 0) is 65.4 Å². The van der Waals surface area contributed by atoms with Crippen LogP contribution >= 0.6 is 0 Å². The Balaban J connectivity index is 2.10. The molecule has 25 heavy (non-hydrogen) atoms. The second-order valence-electron chi connectivity index (χ2n) is 7.24. The molecule has 3 amide bonds. The minimum atomic E-state index is -0.261. The highest BCUT2D eigenvalue weighted by atomic mass is 16.2. The first-order valence-corrected chi connectivity index (χ1v) is 9.00. The van der Waals surface area contributed by atoms with Gasteiger partial charge in [0.05, 0.1) is 0 Å². The van der Waals surface area contributed by atoms with E-state index in [0.717, 1.165) is 25.9 Å². The van der Waals surface area contributed by atoms with Gasteiger partial charge in [-0.2, -0.15) is 0 Å². The average Bonchev–Trinajstić information content (AvgIpc) is 2.53. The number of rotatable bonds is 5. The highest BCUT2D eigenvalue weighted by Crippen LogP contribution is 2.21. The maximum atomic E-state index is 13.0. The van der Waals surface area contributed by atoms with Crippen molar-refractivity contribution in [1.29, 1.82) is 0 Å². The zero-order valence-electron chi connectivity index (χ0n) is 15.7. The van der Waals surface area contributed by atoms with Gasteiger partial charge in [-0.15, -0.1) is 0 Å². The molecule has 1 aliphatic rings. The fourth-order valence-corrected chi connectivity index (χ4v) is 3.20. The molecule has 1 fully saturated rings. The van der Waals surface area contributed by atoms with Gasteiger partial charge in [-0.1, -0.05) is 6.07 Å². The smallest absolute Gasteiger partial charge is 0.319 e. The second-order valence-corrected chi connectivity index (χ2v) is 7.24. The summed E-state index contributed by atoms with van der Waals surface area (Å²) in [5, 5.41) is 5.57. The van der Waals surface area contributed by atoms with Gasteiger partial charge in [0.15, 0.2) is 0 Å². The van der Waals surface area contributed by atoms with Gasteiger partial charge < -0.3 is 20.4 Å². The summed E-state index contributed by atoms with van der Waals surface area (Å²) < 4.78 is 0. The van der Waals surface area contributed by atoms with Gasteiger partial charge in [0.2, 0.25) is 0 Å². The van der Waals surface area contributed by atoms with Crippen LogP contribution in [0.1, 0.15) is 43.5 Å². The van der Waals surface area contributed by atoms with E-state index in [4.69, 9.17) is 0 Å². The summed E-state index contributed by atoms with van der Waals surface area (Å²) in [7, 11) is 4.07. The summed E-state index contributed by atoms with van der Waals surface area (Å²) in [5.41, 5.74) is 1.25. The van der Waals surface area contributed by atoms with Gasteiger partial charge in [0.25, 0.3) is 5.91 Å². The Hall–Kier alpha value is -2.08. The molecule has 1 aromatic rings. The third kappa shape index (κ3) is 5.74. The molecule has 0 aromatic heterocycles. The van der Waals surface area contributed by atoms with E-state index in [0.29, 0.717) is 11.3 Å².